The zero-order chi connectivity index (χ0) is 19.8. The van der Waals surface area contributed by atoms with Gasteiger partial charge in [-0.15, -0.1) is 0 Å². The van der Waals surface area contributed by atoms with Gasteiger partial charge in [0, 0.05) is 28.4 Å². The third-order valence-corrected chi connectivity index (χ3v) is 4.48. The van der Waals surface area contributed by atoms with E-state index in [9.17, 15) is 9.59 Å². The quantitative estimate of drug-likeness (QED) is 0.558. The first-order valence-corrected chi connectivity index (χ1v) is 9.49. The summed E-state index contributed by atoms with van der Waals surface area (Å²) in [6, 6.07) is 23.7. The molecule has 142 valence electrons. The van der Waals surface area contributed by atoms with Crippen molar-refractivity contribution in [1.82, 2.24) is 5.32 Å². The van der Waals surface area contributed by atoms with E-state index in [1.54, 1.807) is 48.5 Å². The Bertz CT molecular complexity index is 958. The van der Waals surface area contributed by atoms with Crippen molar-refractivity contribution in [1.29, 1.82) is 0 Å². The predicted octanol–water partition coefficient (Wildman–Crippen LogP) is 4.95. The Kier molecular flexibility index (Phi) is 6.82. The van der Waals surface area contributed by atoms with Crippen molar-refractivity contribution < 1.29 is 9.59 Å². The zero-order valence-electron chi connectivity index (χ0n) is 15.3. The number of rotatable bonds is 7. The molecule has 0 radical (unpaired) electrons. The Morgan fingerprint density at radius 1 is 0.786 bits per heavy atom. The molecule has 0 aliphatic rings. The van der Waals surface area contributed by atoms with E-state index in [1.807, 2.05) is 18.2 Å². The number of hydrogen-bond acceptors (Lipinski definition) is 2. The number of aryl methyl sites for hydroxylation is 1. The van der Waals surface area contributed by atoms with Gasteiger partial charge in [0.25, 0.3) is 11.8 Å². The molecule has 0 atom stereocenters. The van der Waals surface area contributed by atoms with Crippen molar-refractivity contribution in [3.8, 4) is 0 Å². The number of halogens is 1. The molecular formula is C23H21ClN2O2. The summed E-state index contributed by atoms with van der Waals surface area (Å²) in [4.78, 5) is 24.8. The number of benzene rings is 3. The molecule has 0 saturated heterocycles. The average molecular weight is 393 g/mol. The van der Waals surface area contributed by atoms with Gasteiger partial charge in [0.15, 0.2) is 0 Å². The van der Waals surface area contributed by atoms with E-state index in [4.69, 9.17) is 11.6 Å². The van der Waals surface area contributed by atoms with E-state index in [-0.39, 0.29) is 11.8 Å². The number of amides is 2. The zero-order valence-corrected chi connectivity index (χ0v) is 16.1. The minimum atomic E-state index is -0.291. The lowest BCUT2D eigenvalue weighted by Crippen LogP contribution is -2.25. The van der Waals surface area contributed by atoms with E-state index in [0.29, 0.717) is 28.4 Å². The van der Waals surface area contributed by atoms with Crippen molar-refractivity contribution in [2.45, 2.75) is 12.8 Å². The van der Waals surface area contributed by atoms with E-state index in [2.05, 4.69) is 22.8 Å². The average Bonchev–Trinajstić information content (AvgIpc) is 2.72. The van der Waals surface area contributed by atoms with Gasteiger partial charge < -0.3 is 10.6 Å². The van der Waals surface area contributed by atoms with Crippen LogP contribution in [0.2, 0.25) is 5.02 Å². The lowest BCUT2D eigenvalue weighted by Gasteiger charge is -2.08. The van der Waals surface area contributed by atoms with Crippen LogP contribution in [0, 0.1) is 0 Å². The largest absolute Gasteiger partial charge is 0.352 e. The molecule has 0 aliphatic heterocycles. The molecule has 0 fully saturated rings. The summed E-state index contributed by atoms with van der Waals surface area (Å²) < 4.78 is 0. The van der Waals surface area contributed by atoms with Crippen LogP contribution in [0.4, 0.5) is 5.69 Å². The number of anilines is 1. The molecule has 3 aromatic rings. The summed E-state index contributed by atoms with van der Waals surface area (Å²) in [5.74, 6) is -0.480. The highest BCUT2D eigenvalue weighted by molar-refractivity contribution is 6.31. The van der Waals surface area contributed by atoms with E-state index >= 15 is 0 Å². The van der Waals surface area contributed by atoms with Crippen LogP contribution in [0.5, 0.6) is 0 Å². The van der Waals surface area contributed by atoms with Crippen molar-refractivity contribution in [3.63, 3.8) is 0 Å². The van der Waals surface area contributed by atoms with E-state index in [1.165, 1.54) is 5.56 Å². The first-order valence-electron chi connectivity index (χ1n) is 9.11. The molecule has 2 N–H and O–H groups in total. The Hall–Kier alpha value is -3.11. The van der Waals surface area contributed by atoms with Gasteiger partial charge in [0.05, 0.1) is 0 Å². The number of carbonyl (C=O) groups excluding carboxylic acids is 2. The topological polar surface area (TPSA) is 58.2 Å². The lowest BCUT2D eigenvalue weighted by atomic mass is 10.1. The van der Waals surface area contributed by atoms with Crippen LogP contribution in [0.1, 0.15) is 32.7 Å². The number of carbonyl (C=O) groups is 2. The molecule has 3 rings (SSSR count). The van der Waals surface area contributed by atoms with Crippen LogP contribution in [0.3, 0.4) is 0 Å². The fourth-order valence-electron chi connectivity index (χ4n) is 2.81. The van der Waals surface area contributed by atoms with Gasteiger partial charge in [-0.1, -0.05) is 54.1 Å². The summed E-state index contributed by atoms with van der Waals surface area (Å²) in [5, 5.41) is 6.23. The molecule has 0 aromatic heterocycles. The Morgan fingerprint density at radius 2 is 1.50 bits per heavy atom. The van der Waals surface area contributed by atoms with Gasteiger partial charge in [-0.25, -0.2) is 0 Å². The second kappa shape index (κ2) is 9.72. The van der Waals surface area contributed by atoms with Crippen LogP contribution in [-0.2, 0) is 6.42 Å². The van der Waals surface area contributed by atoms with Crippen LogP contribution in [0.25, 0.3) is 0 Å². The maximum Gasteiger partial charge on any atom is 0.255 e. The van der Waals surface area contributed by atoms with Crippen molar-refractivity contribution >= 4 is 29.1 Å². The molecule has 3 aromatic carbocycles. The first-order chi connectivity index (χ1) is 13.6. The fourth-order valence-corrected chi connectivity index (χ4v) is 3.00. The number of hydrogen-bond donors (Lipinski definition) is 2. The third kappa shape index (κ3) is 5.69. The van der Waals surface area contributed by atoms with Gasteiger partial charge >= 0.3 is 0 Å². The molecule has 4 nitrogen and oxygen atoms in total. The molecule has 0 bridgehead atoms. The van der Waals surface area contributed by atoms with Gasteiger partial charge in [-0.05, 0) is 54.8 Å². The van der Waals surface area contributed by atoms with Gasteiger partial charge in [0.1, 0.15) is 0 Å². The van der Waals surface area contributed by atoms with Gasteiger partial charge in [-0.2, -0.15) is 0 Å². The highest BCUT2D eigenvalue weighted by Gasteiger charge is 2.11. The summed E-state index contributed by atoms with van der Waals surface area (Å²) in [6.07, 6.45) is 1.76. The van der Waals surface area contributed by atoms with Crippen LogP contribution in [-0.4, -0.2) is 18.4 Å². The molecule has 2 amide bonds. The molecule has 0 aliphatic carbocycles. The second-order valence-electron chi connectivity index (χ2n) is 6.39. The monoisotopic (exact) mass is 392 g/mol. The highest BCUT2D eigenvalue weighted by atomic mass is 35.5. The minimum Gasteiger partial charge on any atom is -0.352 e. The highest BCUT2D eigenvalue weighted by Crippen LogP contribution is 2.16. The van der Waals surface area contributed by atoms with Gasteiger partial charge in [-0.3, -0.25) is 9.59 Å². The van der Waals surface area contributed by atoms with Crippen molar-refractivity contribution in [3.05, 3.63) is 101 Å². The van der Waals surface area contributed by atoms with Crippen LogP contribution >= 0.6 is 11.6 Å². The smallest absolute Gasteiger partial charge is 0.255 e. The summed E-state index contributed by atoms with van der Waals surface area (Å²) in [7, 11) is 0. The molecule has 28 heavy (non-hydrogen) atoms. The molecular weight excluding hydrogens is 372 g/mol. The van der Waals surface area contributed by atoms with Crippen molar-refractivity contribution in [2.24, 2.45) is 0 Å². The first kappa shape index (κ1) is 19.6. The molecule has 0 spiro atoms. The SMILES string of the molecule is O=C(NCCCc1ccccc1)c1cccc(C(=O)Nc2cccc(Cl)c2)c1. The normalized spacial score (nSPS) is 10.3. The van der Waals surface area contributed by atoms with E-state index < -0.39 is 0 Å². The minimum absolute atomic E-state index is 0.189. The van der Waals surface area contributed by atoms with Crippen molar-refractivity contribution in [2.75, 3.05) is 11.9 Å². The Balaban J connectivity index is 1.54. The van der Waals surface area contributed by atoms with Crippen LogP contribution < -0.4 is 10.6 Å². The fraction of sp³-hybridized carbons (Fsp3) is 0.130. The maximum atomic E-state index is 12.4. The number of nitrogens with one attached hydrogen (secondary N) is 2. The van der Waals surface area contributed by atoms with Gasteiger partial charge in [0.2, 0.25) is 0 Å². The maximum absolute atomic E-state index is 12.4. The van der Waals surface area contributed by atoms with Crippen LogP contribution in [0.15, 0.2) is 78.9 Å². The molecule has 0 heterocycles. The third-order valence-electron chi connectivity index (χ3n) is 4.24. The van der Waals surface area contributed by atoms with E-state index in [0.717, 1.165) is 12.8 Å². The summed E-state index contributed by atoms with van der Waals surface area (Å²) in [6.45, 7) is 0.576. The lowest BCUT2D eigenvalue weighted by molar-refractivity contribution is 0.0953. The molecule has 0 saturated carbocycles. The summed E-state index contributed by atoms with van der Waals surface area (Å²) in [5.41, 5.74) is 2.72. The molecule has 0 unspecified atom stereocenters. The second-order valence-corrected chi connectivity index (χ2v) is 6.83. The predicted molar refractivity (Wildman–Crippen MR) is 113 cm³/mol. The molecule has 5 heteroatoms. The summed E-state index contributed by atoms with van der Waals surface area (Å²) >= 11 is 5.94. The Labute approximate surface area is 169 Å². The Morgan fingerprint density at radius 3 is 2.25 bits per heavy atom. The standard InChI is InChI=1S/C23H21ClN2O2/c24-20-12-5-13-21(16-20)26-23(28)19-11-4-10-18(15-19)22(27)25-14-6-9-17-7-2-1-3-8-17/h1-5,7-8,10-13,15-16H,6,9,14H2,(H,25,27)(H,26,28).